The molecule has 16 heavy (non-hydrogen) atoms. The molecule has 1 aromatic rings. The predicted octanol–water partition coefficient (Wildman–Crippen LogP) is 2.41. The quantitative estimate of drug-likeness (QED) is 0.848. The summed E-state index contributed by atoms with van der Waals surface area (Å²) in [4.78, 5) is 2.51. The van der Waals surface area contributed by atoms with Crippen molar-refractivity contribution in [2.24, 2.45) is 0 Å². The Labute approximate surface area is 97.8 Å². The van der Waals surface area contributed by atoms with Crippen LogP contribution in [0.3, 0.4) is 0 Å². The third-order valence-corrected chi connectivity index (χ3v) is 3.41. The Morgan fingerprint density at radius 1 is 1.62 bits per heavy atom. The van der Waals surface area contributed by atoms with Crippen LogP contribution in [0.4, 0.5) is 0 Å². The third kappa shape index (κ3) is 2.86. The van der Waals surface area contributed by atoms with E-state index < -0.39 is 0 Å². The van der Waals surface area contributed by atoms with Crippen molar-refractivity contribution in [1.82, 2.24) is 10.2 Å². The summed E-state index contributed by atoms with van der Waals surface area (Å²) < 4.78 is 5.41. The molecule has 0 amide bonds. The number of furan rings is 1. The first-order valence-corrected chi connectivity index (χ1v) is 6.31. The summed E-state index contributed by atoms with van der Waals surface area (Å²) in [5, 5.41) is 3.65. The van der Waals surface area contributed by atoms with Gasteiger partial charge in [-0.25, -0.2) is 0 Å². The SMILES string of the molecule is CCN1CCCC(NC(C)c2ccco2)C1. The minimum Gasteiger partial charge on any atom is -0.468 e. The van der Waals surface area contributed by atoms with Gasteiger partial charge in [-0.2, -0.15) is 0 Å². The fraction of sp³-hybridized carbons (Fsp3) is 0.692. The minimum absolute atomic E-state index is 0.316. The van der Waals surface area contributed by atoms with Gasteiger partial charge in [-0.05, 0) is 45.0 Å². The average molecular weight is 222 g/mol. The maximum atomic E-state index is 5.41. The van der Waals surface area contributed by atoms with E-state index in [1.165, 1.54) is 25.9 Å². The molecule has 1 aromatic heterocycles. The van der Waals surface area contributed by atoms with Gasteiger partial charge in [0, 0.05) is 12.6 Å². The molecule has 0 aromatic carbocycles. The van der Waals surface area contributed by atoms with E-state index in [1.807, 2.05) is 12.1 Å². The monoisotopic (exact) mass is 222 g/mol. The van der Waals surface area contributed by atoms with Crippen LogP contribution in [0.2, 0.25) is 0 Å². The highest BCUT2D eigenvalue weighted by molar-refractivity contribution is 5.03. The Kier molecular flexibility index (Phi) is 4.02. The Morgan fingerprint density at radius 2 is 2.50 bits per heavy atom. The first-order chi connectivity index (χ1) is 7.79. The zero-order valence-corrected chi connectivity index (χ0v) is 10.3. The molecule has 2 rings (SSSR count). The lowest BCUT2D eigenvalue weighted by molar-refractivity contribution is 0.189. The van der Waals surface area contributed by atoms with Gasteiger partial charge in [0.15, 0.2) is 0 Å². The van der Waals surface area contributed by atoms with Crippen molar-refractivity contribution in [2.45, 2.75) is 38.8 Å². The van der Waals surface area contributed by atoms with Gasteiger partial charge < -0.3 is 14.6 Å². The topological polar surface area (TPSA) is 28.4 Å². The molecular weight excluding hydrogens is 200 g/mol. The average Bonchev–Trinajstić information content (AvgIpc) is 2.83. The number of piperidine rings is 1. The second-order valence-corrected chi connectivity index (χ2v) is 4.64. The fourth-order valence-corrected chi connectivity index (χ4v) is 2.45. The summed E-state index contributed by atoms with van der Waals surface area (Å²) >= 11 is 0. The van der Waals surface area contributed by atoms with Gasteiger partial charge in [-0.15, -0.1) is 0 Å². The molecule has 2 atom stereocenters. The van der Waals surface area contributed by atoms with Gasteiger partial charge >= 0.3 is 0 Å². The molecule has 1 saturated heterocycles. The highest BCUT2D eigenvalue weighted by Gasteiger charge is 2.21. The molecular formula is C13H22N2O. The Morgan fingerprint density at radius 3 is 3.19 bits per heavy atom. The van der Waals surface area contributed by atoms with Crippen LogP contribution in [-0.2, 0) is 0 Å². The first-order valence-electron chi connectivity index (χ1n) is 6.31. The summed E-state index contributed by atoms with van der Waals surface area (Å²) in [7, 11) is 0. The smallest absolute Gasteiger partial charge is 0.120 e. The third-order valence-electron chi connectivity index (χ3n) is 3.41. The van der Waals surface area contributed by atoms with Crippen LogP contribution >= 0.6 is 0 Å². The normalized spacial score (nSPS) is 24.5. The largest absolute Gasteiger partial charge is 0.468 e. The number of hydrogen-bond donors (Lipinski definition) is 1. The van der Waals surface area contributed by atoms with Crippen LogP contribution in [0.5, 0.6) is 0 Å². The van der Waals surface area contributed by atoms with E-state index in [0.29, 0.717) is 12.1 Å². The molecule has 90 valence electrons. The fourth-order valence-electron chi connectivity index (χ4n) is 2.45. The van der Waals surface area contributed by atoms with E-state index >= 15 is 0 Å². The van der Waals surface area contributed by atoms with Crippen LogP contribution in [0, 0.1) is 0 Å². The summed E-state index contributed by atoms with van der Waals surface area (Å²) in [6.07, 6.45) is 4.32. The van der Waals surface area contributed by atoms with Crippen molar-refractivity contribution in [2.75, 3.05) is 19.6 Å². The predicted molar refractivity (Wildman–Crippen MR) is 65.4 cm³/mol. The molecule has 2 heterocycles. The Balaban J connectivity index is 1.84. The highest BCUT2D eigenvalue weighted by atomic mass is 16.3. The molecule has 1 N–H and O–H groups in total. The molecule has 0 spiro atoms. The lowest BCUT2D eigenvalue weighted by Gasteiger charge is -2.33. The van der Waals surface area contributed by atoms with E-state index in [4.69, 9.17) is 4.42 Å². The second kappa shape index (κ2) is 5.51. The van der Waals surface area contributed by atoms with Gasteiger partial charge in [-0.3, -0.25) is 0 Å². The first kappa shape index (κ1) is 11.7. The number of likely N-dealkylation sites (tertiary alicyclic amines) is 1. The van der Waals surface area contributed by atoms with E-state index in [-0.39, 0.29) is 0 Å². The Hall–Kier alpha value is -0.800. The summed E-state index contributed by atoms with van der Waals surface area (Å²) in [5.74, 6) is 1.04. The van der Waals surface area contributed by atoms with E-state index in [0.717, 1.165) is 12.3 Å². The van der Waals surface area contributed by atoms with E-state index in [2.05, 4.69) is 24.1 Å². The van der Waals surface area contributed by atoms with Gasteiger partial charge in [0.05, 0.1) is 12.3 Å². The summed E-state index contributed by atoms with van der Waals surface area (Å²) in [6.45, 7) is 7.99. The summed E-state index contributed by atoms with van der Waals surface area (Å²) in [6, 6.07) is 4.91. The van der Waals surface area contributed by atoms with Crippen molar-refractivity contribution >= 4 is 0 Å². The van der Waals surface area contributed by atoms with Gasteiger partial charge in [0.1, 0.15) is 5.76 Å². The number of hydrogen-bond acceptors (Lipinski definition) is 3. The van der Waals surface area contributed by atoms with E-state index in [9.17, 15) is 0 Å². The standard InChI is InChI=1S/C13H22N2O/c1-3-15-8-4-6-12(10-15)14-11(2)13-7-5-9-16-13/h5,7,9,11-12,14H,3-4,6,8,10H2,1-2H3. The lowest BCUT2D eigenvalue weighted by Crippen LogP contribution is -2.46. The number of rotatable bonds is 4. The molecule has 0 radical (unpaired) electrons. The zero-order valence-electron chi connectivity index (χ0n) is 10.3. The summed E-state index contributed by atoms with van der Waals surface area (Å²) in [5.41, 5.74) is 0. The number of nitrogens with one attached hydrogen (secondary N) is 1. The molecule has 1 aliphatic rings. The zero-order chi connectivity index (χ0) is 11.4. The molecule has 2 unspecified atom stereocenters. The number of likely N-dealkylation sites (N-methyl/N-ethyl adjacent to an activating group) is 1. The van der Waals surface area contributed by atoms with Crippen molar-refractivity contribution in [1.29, 1.82) is 0 Å². The molecule has 0 bridgehead atoms. The molecule has 0 saturated carbocycles. The highest BCUT2D eigenvalue weighted by Crippen LogP contribution is 2.17. The van der Waals surface area contributed by atoms with Crippen LogP contribution in [0.1, 0.15) is 38.5 Å². The van der Waals surface area contributed by atoms with Crippen LogP contribution in [0.15, 0.2) is 22.8 Å². The maximum Gasteiger partial charge on any atom is 0.120 e. The van der Waals surface area contributed by atoms with Gasteiger partial charge in [0.2, 0.25) is 0 Å². The molecule has 3 heteroatoms. The van der Waals surface area contributed by atoms with Crippen LogP contribution < -0.4 is 5.32 Å². The molecule has 1 aliphatic heterocycles. The van der Waals surface area contributed by atoms with Crippen molar-refractivity contribution < 1.29 is 4.42 Å². The number of nitrogens with zero attached hydrogens (tertiary/aromatic N) is 1. The van der Waals surface area contributed by atoms with E-state index in [1.54, 1.807) is 6.26 Å². The molecule has 0 aliphatic carbocycles. The maximum absolute atomic E-state index is 5.41. The van der Waals surface area contributed by atoms with Crippen LogP contribution in [-0.4, -0.2) is 30.6 Å². The lowest BCUT2D eigenvalue weighted by atomic mass is 10.0. The van der Waals surface area contributed by atoms with Crippen LogP contribution in [0.25, 0.3) is 0 Å². The minimum atomic E-state index is 0.316. The van der Waals surface area contributed by atoms with Crippen molar-refractivity contribution in [3.8, 4) is 0 Å². The Bertz CT molecular complexity index is 297. The van der Waals surface area contributed by atoms with Gasteiger partial charge in [0.25, 0.3) is 0 Å². The van der Waals surface area contributed by atoms with Crippen molar-refractivity contribution in [3.63, 3.8) is 0 Å². The second-order valence-electron chi connectivity index (χ2n) is 4.64. The van der Waals surface area contributed by atoms with Crippen molar-refractivity contribution in [3.05, 3.63) is 24.2 Å². The molecule has 3 nitrogen and oxygen atoms in total. The van der Waals surface area contributed by atoms with Gasteiger partial charge in [-0.1, -0.05) is 6.92 Å². The molecule has 1 fully saturated rings.